The summed E-state index contributed by atoms with van der Waals surface area (Å²) in [5.41, 5.74) is 0.240. The summed E-state index contributed by atoms with van der Waals surface area (Å²) in [6.45, 7) is 0.711. The molecule has 8 heteroatoms. The number of hydrogen-bond acceptors (Lipinski definition) is 6. The van der Waals surface area contributed by atoms with Crippen molar-refractivity contribution in [3.8, 4) is 11.5 Å². The van der Waals surface area contributed by atoms with Crippen molar-refractivity contribution >= 4 is 22.9 Å². The number of benzene rings is 1. The SMILES string of the molecule is COc1cc(F)c(NC(=O)c2csc(C3CCCO3)n2)cc1OC. The van der Waals surface area contributed by atoms with E-state index in [1.54, 1.807) is 5.38 Å². The number of nitrogens with one attached hydrogen (secondary N) is 1. The lowest BCUT2D eigenvalue weighted by Crippen LogP contribution is -2.14. The maximum atomic E-state index is 14.1. The quantitative estimate of drug-likeness (QED) is 0.893. The highest BCUT2D eigenvalue weighted by atomic mass is 32.1. The molecule has 0 saturated carbocycles. The molecular formula is C16H17FN2O4S. The fourth-order valence-electron chi connectivity index (χ4n) is 2.45. The van der Waals surface area contributed by atoms with Gasteiger partial charge in [0.1, 0.15) is 16.8 Å². The van der Waals surface area contributed by atoms with E-state index in [-0.39, 0.29) is 23.2 Å². The Hall–Kier alpha value is -2.19. The van der Waals surface area contributed by atoms with E-state index >= 15 is 0 Å². The lowest BCUT2D eigenvalue weighted by molar-refractivity contribution is 0.101. The van der Waals surface area contributed by atoms with Crippen LogP contribution in [0.1, 0.15) is 34.4 Å². The number of hydrogen-bond donors (Lipinski definition) is 1. The first-order valence-corrected chi connectivity index (χ1v) is 8.30. The van der Waals surface area contributed by atoms with Gasteiger partial charge in [-0.25, -0.2) is 9.37 Å². The molecule has 1 fully saturated rings. The van der Waals surface area contributed by atoms with E-state index < -0.39 is 11.7 Å². The minimum atomic E-state index is -0.615. The first-order chi connectivity index (χ1) is 11.6. The van der Waals surface area contributed by atoms with Gasteiger partial charge < -0.3 is 19.5 Å². The summed E-state index contributed by atoms with van der Waals surface area (Å²) in [6, 6.07) is 2.53. The summed E-state index contributed by atoms with van der Waals surface area (Å²) in [5.74, 6) is -0.521. The molecule has 1 saturated heterocycles. The Labute approximate surface area is 142 Å². The molecule has 1 aliphatic rings. The van der Waals surface area contributed by atoms with E-state index in [9.17, 15) is 9.18 Å². The number of methoxy groups -OCH3 is 2. The van der Waals surface area contributed by atoms with Crippen molar-refractivity contribution in [2.75, 3.05) is 26.1 Å². The summed E-state index contributed by atoms with van der Waals surface area (Å²) in [5, 5.41) is 4.92. The van der Waals surface area contributed by atoms with Gasteiger partial charge in [-0.2, -0.15) is 0 Å². The molecule has 1 amide bonds. The molecule has 1 aromatic heterocycles. The third kappa shape index (κ3) is 3.34. The van der Waals surface area contributed by atoms with Crippen molar-refractivity contribution in [3.05, 3.63) is 34.0 Å². The van der Waals surface area contributed by atoms with Crippen LogP contribution in [0.25, 0.3) is 0 Å². The molecule has 1 N–H and O–H groups in total. The number of amides is 1. The standard InChI is InChI=1S/C16H17FN2O4S/c1-21-13-6-9(17)10(7-14(13)22-2)18-15(20)11-8-24-16(19-11)12-4-3-5-23-12/h6-8,12H,3-5H2,1-2H3,(H,18,20). The Morgan fingerprint density at radius 1 is 1.38 bits per heavy atom. The summed E-state index contributed by atoms with van der Waals surface area (Å²) in [7, 11) is 2.85. The molecule has 2 aromatic rings. The van der Waals surface area contributed by atoms with Gasteiger partial charge in [0.2, 0.25) is 0 Å². The Bertz CT molecular complexity index is 744. The van der Waals surface area contributed by atoms with Crippen LogP contribution in [-0.4, -0.2) is 31.7 Å². The molecule has 3 rings (SSSR count). The van der Waals surface area contributed by atoms with Gasteiger partial charge in [0.05, 0.1) is 19.9 Å². The monoisotopic (exact) mass is 352 g/mol. The maximum Gasteiger partial charge on any atom is 0.275 e. The van der Waals surface area contributed by atoms with E-state index in [0.717, 1.165) is 23.9 Å². The summed E-state index contributed by atoms with van der Waals surface area (Å²) in [4.78, 5) is 16.6. The third-order valence-electron chi connectivity index (χ3n) is 3.68. The van der Waals surface area contributed by atoms with Crippen LogP contribution in [0.15, 0.2) is 17.5 Å². The number of anilines is 1. The lowest BCUT2D eigenvalue weighted by Gasteiger charge is -2.11. The molecule has 1 unspecified atom stereocenters. The number of halogens is 1. The molecule has 6 nitrogen and oxygen atoms in total. The molecule has 2 heterocycles. The molecule has 1 atom stereocenters. The fourth-order valence-corrected chi connectivity index (χ4v) is 3.33. The van der Waals surface area contributed by atoms with E-state index in [4.69, 9.17) is 14.2 Å². The van der Waals surface area contributed by atoms with E-state index in [1.165, 1.54) is 31.6 Å². The number of ether oxygens (including phenoxy) is 3. The minimum Gasteiger partial charge on any atom is -0.493 e. The van der Waals surface area contributed by atoms with E-state index in [0.29, 0.717) is 12.4 Å². The smallest absolute Gasteiger partial charge is 0.275 e. The maximum absolute atomic E-state index is 14.1. The summed E-state index contributed by atoms with van der Waals surface area (Å²) < 4.78 is 29.8. The highest BCUT2D eigenvalue weighted by Gasteiger charge is 2.23. The van der Waals surface area contributed by atoms with Crippen LogP contribution >= 0.6 is 11.3 Å². The molecule has 0 aliphatic carbocycles. The van der Waals surface area contributed by atoms with Crippen LogP contribution in [0.3, 0.4) is 0 Å². The highest BCUT2D eigenvalue weighted by Crippen LogP contribution is 2.33. The van der Waals surface area contributed by atoms with Crippen LogP contribution in [0.5, 0.6) is 11.5 Å². The number of thiazole rings is 1. The molecule has 128 valence electrons. The zero-order chi connectivity index (χ0) is 17.1. The molecule has 0 bridgehead atoms. The van der Waals surface area contributed by atoms with Gasteiger partial charge in [0.25, 0.3) is 5.91 Å². The molecule has 1 aromatic carbocycles. The van der Waals surface area contributed by atoms with Crippen molar-refractivity contribution in [2.24, 2.45) is 0 Å². The van der Waals surface area contributed by atoms with Gasteiger partial charge >= 0.3 is 0 Å². The summed E-state index contributed by atoms with van der Waals surface area (Å²) >= 11 is 1.37. The normalized spacial score (nSPS) is 16.9. The fraction of sp³-hybridized carbons (Fsp3) is 0.375. The van der Waals surface area contributed by atoms with Crippen LogP contribution in [0.2, 0.25) is 0 Å². The number of nitrogens with zero attached hydrogens (tertiary/aromatic N) is 1. The van der Waals surface area contributed by atoms with Crippen molar-refractivity contribution in [1.82, 2.24) is 4.98 Å². The van der Waals surface area contributed by atoms with Gasteiger partial charge in [0, 0.05) is 24.1 Å². The van der Waals surface area contributed by atoms with Crippen molar-refractivity contribution in [2.45, 2.75) is 18.9 Å². The number of carbonyl (C=O) groups excluding carboxylic acids is 1. The van der Waals surface area contributed by atoms with Crippen LogP contribution in [0.4, 0.5) is 10.1 Å². The van der Waals surface area contributed by atoms with E-state index in [2.05, 4.69) is 10.3 Å². The molecular weight excluding hydrogens is 335 g/mol. The topological polar surface area (TPSA) is 69.7 Å². The molecule has 0 radical (unpaired) electrons. The van der Waals surface area contributed by atoms with Crippen LogP contribution in [0, 0.1) is 5.82 Å². The predicted molar refractivity (Wildman–Crippen MR) is 87.5 cm³/mol. The Morgan fingerprint density at radius 3 is 2.79 bits per heavy atom. The first kappa shape index (κ1) is 16.7. The Kier molecular flexibility index (Phi) is 4.96. The van der Waals surface area contributed by atoms with Gasteiger partial charge in [-0.1, -0.05) is 0 Å². The average Bonchev–Trinajstić information content (AvgIpc) is 3.27. The van der Waals surface area contributed by atoms with Crippen molar-refractivity contribution in [1.29, 1.82) is 0 Å². The number of rotatable bonds is 5. The zero-order valence-corrected chi connectivity index (χ0v) is 14.1. The van der Waals surface area contributed by atoms with Crippen molar-refractivity contribution < 1.29 is 23.4 Å². The molecule has 0 spiro atoms. The average molecular weight is 352 g/mol. The second-order valence-corrected chi connectivity index (χ2v) is 6.10. The predicted octanol–water partition coefficient (Wildman–Crippen LogP) is 3.40. The van der Waals surface area contributed by atoms with E-state index in [1.807, 2.05) is 0 Å². The van der Waals surface area contributed by atoms with Gasteiger partial charge in [-0.15, -0.1) is 11.3 Å². The first-order valence-electron chi connectivity index (χ1n) is 7.42. The Morgan fingerprint density at radius 2 is 2.12 bits per heavy atom. The Balaban J connectivity index is 1.77. The number of carbonyl (C=O) groups is 1. The third-order valence-corrected chi connectivity index (χ3v) is 4.62. The zero-order valence-electron chi connectivity index (χ0n) is 13.3. The van der Waals surface area contributed by atoms with Crippen molar-refractivity contribution in [3.63, 3.8) is 0 Å². The largest absolute Gasteiger partial charge is 0.493 e. The van der Waals surface area contributed by atoms with Crippen LogP contribution < -0.4 is 14.8 Å². The van der Waals surface area contributed by atoms with Gasteiger partial charge in [0.15, 0.2) is 17.3 Å². The lowest BCUT2D eigenvalue weighted by atomic mass is 10.2. The highest BCUT2D eigenvalue weighted by molar-refractivity contribution is 7.09. The number of aromatic nitrogens is 1. The second-order valence-electron chi connectivity index (χ2n) is 5.21. The summed E-state index contributed by atoms with van der Waals surface area (Å²) in [6.07, 6.45) is 1.84. The van der Waals surface area contributed by atoms with Gasteiger partial charge in [-0.3, -0.25) is 4.79 Å². The minimum absolute atomic E-state index is 0.00400. The molecule has 24 heavy (non-hydrogen) atoms. The van der Waals surface area contributed by atoms with Crippen LogP contribution in [-0.2, 0) is 4.74 Å². The van der Waals surface area contributed by atoms with Gasteiger partial charge in [-0.05, 0) is 12.8 Å². The molecule has 1 aliphatic heterocycles. The second kappa shape index (κ2) is 7.14.